The maximum Gasteiger partial charge on any atom is 0.332 e. The number of rotatable bonds is 8. The summed E-state index contributed by atoms with van der Waals surface area (Å²) in [7, 11) is 0. The van der Waals surface area contributed by atoms with Crippen LogP contribution in [0.1, 0.15) is 20.3 Å². The Hall–Kier alpha value is -0.650. The van der Waals surface area contributed by atoms with Gasteiger partial charge >= 0.3 is 5.97 Å². The lowest BCUT2D eigenvalue weighted by atomic mass is 10.3. The van der Waals surface area contributed by atoms with E-state index in [-0.39, 0.29) is 12.6 Å². The van der Waals surface area contributed by atoms with E-state index in [1.165, 1.54) is 13.0 Å². The SMILES string of the molecule is CCCN1CCN(CCOCC(=O)OCC)CC1. The molecule has 0 aromatic heterocycles. The van der Waals surface area contributed by atoms with Gasteiger partial charge in [0.1, 0.15) is 6.61 Å². The molecule has 0 radical (unpaired) electrons. The van der Waals surface area contributed by atoms with Crippen molar-refractivity contribution in [3.05, 3.63) is 0 Å². The summed E-state index contributed by atoms with van der Waals surface area (Å²) >= 11 is 0. The maximum atomic E-state index is 11.0. The van der Waals surface area contributed by atoms with Crippen molar-refractivity contribution in [3.8, 4) is 0 Å². The van der Waals surface area contributed by atoms with Crippen LogP contribution in [0.25, 0.3) is 0 Å². The summed E-state index contributed by atoms with van der Waals surface area (Å²) in [6.07, 6.45) is 1.22. The summed E-state index contributed by atoms with van der Waals surface area (Å²) < 4.78 is 10.1. The topological polar surface area (TPSA) is 42.0 Å². The fourth-order valence-electron chi connectivity index (χ4n) is 2.10. The molecule has 18 heavy (non-hydrogen) atoms. The molecule has 106 valence electrons. The third-order valence-corrected chi connectivity index (χ3v) is 3.08. The van der Waals surface area contributed by atoms with Crippen molar-refractivity contribution in [2.75, 3.05) is 59.1 Å². The van der Waals surface area contributed by atoms with Gasteiger partial charge in [0.2, 0.25) is 0 Å². The van der Waals surface area contributed by atoms with Crippen molar-refractivity contribution >= 4 is 5.97 Å². The van der Waals surface area contributed by atoms with E-state index < -0.39 is 0 Å². The Morgan fingerprint density at radius 1 is 1.06 bits per heavy atom. The molecule has 0 saturated carbocycles. The second-order valence-electron chi connectivity index (χ2n) is 4.54. The molecule has 0 aromatic rings. The number of ether oxygens (including phenoxy) is 2. The normalized spacial score (nSPS) is 17.9. The smallest absolute Gasteiger partial charge is 0.332 e. The Kier molecular flexibility index (Phi) is 7.96. The molecule has 5 heteroatoms. The molecule has 1 saturated heterocycles. The number of nitrogens with zero attached hydrogens (tertiary/aromatic N) is 2. The average Bonchev–Trinajstić information content (AvgIpc) is 2.37. The first-order valence-corrected chi connectivity index (χ1v) is 6.94. The van der Waals surface area contributed by atoms with Crippen LogP contribution in [0, 0.1) is 0 Å². The minimum atomic E-state index is -0.273. The van der Waals surface area contributed by atoms with E-state index in [4.69, 9.17) is 9.47 Å². The number of carbonyl (C=O) groups is 1. The van der Waals surface area contributed by atoms with Crippen LogP contribution in [-0.2, 0) is 14.3 Å². The summed E-state index contributed by atoms with van der Waals surface area (Å²) in [5.74, 6) is -0.273. The van der Waals surface area contributed by atoms with Gasteiger partial charge in [-0.15, -0.1) is 0 Å². The van der Waals surface area contributed by atoms with Crippen LogP contribution in [0.4, 0.5) is 0 Å². The first-order chi connectivity index (χ1) is 8.76. The van der Waals surface area contributed by atoms with Crippen LogP contribution in [0.3, 0.4) is 0 Å². The van der Waals surface area contributed by atoms with Gasteiger partial charge in [0, 0.05) is 32.7 Å². The van der Waals surface area contributed by atoms with Crippen LogP contribution >= 0.6 is 0 Å². The van der Waals surface area contributed by atoms with E-state index in [2.05, 4.69) is 16.7 Å². The van der Waals surface area contributed by atoms with Crippen molar-refractivity contribution in [2.24, 2.45) is 0 Å². The molecule has 1 rings (SSSR count). The summed E-state index contributed by atoms with van der Waals surface area (Å²) in [4.78, 5) is 15.9. The van der Waals surface area contributed by atoms with Crippen molar-refractivity contribution < 1.29 is 14.3 Å². The fourth-order valence-corrected chi connectivity index (χ4v) is 2.10. The first-order valence-electron chi connectivity index (χ1n) is 6.94. The minimum absolute atomic E-state index is 0.0731. The molecule has 1 heterocycles. The molecule has 1 fully saturated rings. The largest absolute Gasteiger partial charge is 0.464 e. The van der Waals surface area contributed by atoms with Gasteiger partial charge in [0.15, 0.2) is 0 Å². The van der Waals surface area contributed by atoms with Crippen LogP contribution in [-0.4, -0.2) is 74.9 Å². The highest BCUT2D eigenvalue weighted by molar-refractivity contribution is 5.70. The molecule has 1 aliphatic rings. The zero-order valence-corrected chi connectivity index (χ0v) is 11.7. The van der Waals surface area contributed by atoms with Crippen molar-refractivity contribution in [1.29, 1.82) is 0 Å². The zero-order chi connectivity index (χ0) is 13.2. The highest BCUT2D eigenvalue weighted by atomic mass is 16.6. The monoisotopic (exact) mass is 258 g/mol. The molecule has 0 spiro atoms. The highest BCUT2D eigenvalue weighted by Gasteiger charge is 2.15. The molecule has 5 nitrogen and oxygen atoms in total. The van der Waals surface area contributed by atoms with E-state index in [9.17, 15) is 4.79 Å². The van der Waals surface area contributed by atoms with E-state index in [1.807, 2.05) is 0 Å². The third kappa shape index (κ3) is 6.33. The van der Waals surface area contributed by atoms with Crippen molar-refractivity contribution in [2.45, 2.75) is 20.3 Å². The van der Waals surface area contributed by atoms with Gasteiger partial charge < -0.3 is 14.4 Å². The van der Waals surface area contributed by atoms with Gasteiger partial charge in [-0.25, -0.2) is 4.79 Å². The second kappa shape index (κ2) is 9.30. The van der Waals surface area contributed by atoms with Gasteiger partial charge in [-0.3, -0.25) is 4.90 Å². The van der Waals surface area contributed by atoms with E-state index in [0.29, 0.717) is 13.2 Å². The maximum absolute atomic E-state index is 11.0. The number of hydrogen-bond acceptors (Lipinski definition) is 5. The molecular formula is C13H26N2O3. The summed E-state index contributed by atoms with van der Waals surface area (Å²) in [6.45, 7) is 11.7. The molecule has 0 bridgehead atoms. The van der Waals surface area contributed by atoms with Gasteiger partial charge in [0.05, 0.1) is 13.2 Å². The molecule has 0 N–H and O–H groups in total. The second-order valence-corrected chi connectivity index (χ2v) is 4.54. The predicted molar refractivity (Wildman–Crippen MR) is 70.6 cm³/mol. The van der Waals surface area contributed by atoms with Gasteiger partial charge in [-0.1, -0.05) is 6.92 Å². The number of carbonyl (C=O) groups excluding carboxylic acids is 1. The number of esters is 1. The van der Waals surface area contributed by atoms with Crippen LogP contribution in [0.2, 0.25) is 0 Å². The Morgan fingerprint density at radius 2 is 1.67 bits per heavy atom. The Balaban J connectivity index is 1.99. The standard InChI is InChI=1S/C13H26N2O3/c1-3-5-14-6-8-15(9-7-14)10-11-17-12-13(16)18-4-2/h3-12H2,1-2H3. The van der Waals surface area contributed by atoms with Crippen LogP contribution in [0.5, 0.6) is 0 Å². The quantitative estimate of drug-likeness (QED) is 0.471. The van der Waals surface area contributed by atoms with Crippen LogP contribution in [0.15, 0.2) is 0 Å². The lowest BCUT2D eigenvalue weighted by molar-refractivity contribution is -0.148. The number of piperazine rings is 1. The van der Waals surface area contributed by atoms with Crippen molar-refractivity contribution in [1.82, 2.24) is 9.80 Å². The Morgan fingerprint density at radius 3 is 2.22 bits per heavy atom. The van der Waals surface area contributed by atoms with E-state index in [1.54, 1.807) is 6.92 Å². The lowest BCUT2D eigenvalue weighted by Crippen LogP contribution is -2.47. The van der Waals surface area contributed by atoms with E-state index in [0.717, 1.165) is 32.7 Å². The van der Waals surface area contributed by atoms with Crippen LogP contribution < -0.4 is 0 Å². The summed E-state index contributed by atoms with van der Waals surface area (Å²) in [5, 5.41) is 0. The fraction of sp³-hybridized carbons (Fsp3) is 0.923. The third-order valence-electron chi connectivity index (χ3n) is 3.08. The van der Waals surface area contributed by atoms with Gasteiger partial charge in [-0.2, -0.15) is 0 Å². The highest BCUT2D eigenvalue weighted by Crippen LogP contribution is 2.01. The van der Waals surface area contributed by atoms with E-state index >= 15 is 0 Å². The van der Waals surface area contributed by atoms with Gasteiger partial charge in [0.25, 0.3) is 0 Å². The first kappa shape index (κ1) is 15.4. The Bertz CT molecular complexity index is 228. The molecule has 0 aliphatic carbocycles. The molecule has 0 atom stereocenters. The number of hydrogen-bond donors (Lipinski definition) is 0. The summed E-state index contributed by atoms with van der Waals surface area (Å²) in [6, 6.07) is 0. The molecular weight excluding hydrogens is 232 g/mol. The minimum Gasteiger partial charge on any atom is -0.464 e. The average molecular weight is 258 g/mol. The van der Waals surface area contributed by atoms with Crippen molar-refractivity contribution in [3.63, 3.8) is 0 Å². The summed E-state index contributed by atoms with van der Waals surface area (Å²) in [5.41, 5.74) is 0. The predicted octanol–water partition coefficient (Wildman–Crippen LogP) is 0.594. The lowest BCUT2D eigenvalue weighted by Gasteiger charge is -2.34. The molecule has 0 unspecified atom stereocenters. The van der Waals surface area contributed by atoms with Gasteiger partial charge in [-0.05, 0) is 19.9 Å². The molecule has 0 aromatic carbocycles. The molecule has 1 aliphatic heterocycles. The molecule has 0 amide bonds. The zero-order valence-electron chi connectivity index (χ0n) is 11.7. The Labute approximate surface area is 110 Å².